The summed E-state index contributed by atoms with van der Waals surface area (Å²) in [5, 5.41) is 10.1. The van der Waals surface area contributed by atoms with Gasteiger partial charge in [0.05, 0.1) is 10.7 Å². The number of thiazole rings is 1. The van der Waals surface area contributed by atoms with Crippen molar-refractivity contribution >= 4 is 41.3 Å². The molecule has 0 aliphatic heterocycles. The number of nitrogens with one attached hydrogen (secondary N) is 2. The Kier molecular flexibility index (Phi) is 8.03. The summed E-state index contributed by atoms with van der Waals surface area (Å²) in [7, 11) is 1.77. The van der Waals surface area contributed by atoms with Crippen LogP contribution in [0.4, 0.5) is 4.39 Å². The van der Waals surface area contributed by atoms with E-state index in [2.05, 4.69) is 39.8 Å². The Morgan fingerprint density at radius 3 is 2.70 bits per heavy atom. The Morgan fingerprint density at radius 1 is 1.33 bits per heavy atom. The molecule has 0 unspecified atom stereocenters. The average molecular weight is 502 g/mol. The molecular weight excluding hydrogens is 474 g/mol. The molecule has 1 aromatic carbocycles. The first-order valence-corrected chi connectivity index (χ1v) is 10.1. The second-order valence-corrected chi connectivity index (χ2v) is 8.11. The molecule has 1 saturated carbocycles. The van der Waals surface area contributed by atoms with Gasteiger partial charge in [-0.1, -0.05) is 26.0 Å². The lowest BCUT2D eigenvalue weighted by Gasteiger charge is -2.19. The molecule has 1 aliphatic carbocycles. The summed E-state index contributed by atoms with van der Waals surface area (Å²) in [6, 6.07) is 6.95. The van der Waals surface area contributed by atoms with Gasteiger partial charge in [-0.15, -0.1) is 35.3 Å². The van der Waals surface area contributed by atoms with Gasteiger partial charge in [0.15, 0.2) is 5.96 Å². The van der Waals surface area contributed by atoms with E-state index in [0.717, 1.165) is 49.6 Å². The van der Waals surface area contributed by atoms with Crippen molar-refractivity contribution in [1.82, 2.24) is 15.6 Å². The molecule has 7 heteroatoms. The van der Waals surface area contributed by atoms with E-state index >= 15 is 0 Å². The van der Waals surface area contributed by atoms with Crippen LogP contribution in [0.15, 0.2) is 34.6 Å². The zero-order chi connectivity index (χ0) is 18.6. The zero-order valence-corrected chi connectivity index (χ0v) is 19.2. The number of nitrogens with zero attached hydrogens (tertiary/aromatic N) is 2. The zero-order valence-electron chi connectivity index (χ0n) is 16.1. The van der Waals surface area contributed by atoms with Crippen LogP contribution < -0.4 is 10.6 Å². The van der Waals surface area contributed by atoms with Crippen LogP contribution in [0.5, 0.6) is 0 Å². The highest BCUT2D eigenvalue weighted by Crippen LogP contribution is 2.47. The van der Waals surface area contributed by atoms with Crippen LogP contribution in [0.25, 0.3) is 0 Å². The lowest BCUT2D eigenvalue weighted by Crippen LogP contribution is -2.42. The summed E-state index contributed by atoms with van der Waals surface area (Å²) < 4.78 is 13.5. The largest absolute Gasteiger partial charge is 0.356 e. The van der Waals surface area contributed by atoms with Gasteiger partial charge in [-0.3, -0.25) is 4.99 Å². The first-order chi connectivity index (χ1) is 12.5. The van der Waals surface area contributed by atoms with Crippen LogP contribution in [0.2, 0.25) is 0 Å². The first kappa shape index (κ1) is 22.1. The third-order valence-electron chi connectivity index (χ3n) is 4.85. The Labute approximate surface area is 182 Å². The highest BCUT2D eigenvalue weighted by molar-refractivity contribution is 14.0. The van der Waals surface area contributed by atoms with Crippen LogP contribution in [-0.2, 0) is 11.8 Å². The summed E-state index contributed by atoms with van der Waals surface area (Å²) >= 11 is 1.73. The number of benzene rings is 1. The van der Waals surface area contributed by atoms with Crippen LogP contribution in [0.1, 0.15) is 48.9 Å². The lowest BCUT2D eigenvalue weighted by atomic mass is 9.96. The molecule has 1 fully saturated rings. The number of halogens is 2. The van der Waals surface area contributed by atoms with Crippen molar-refractivity contribution in [3.05, 3.63) is 51.7 Å². The van der Waals surface area contributed by atoms with E-state index in [4.69, 9.17) is 0 Å². The highest BCUT2D eigenvalue weighted by atomic mass is 127. The maximum atomic E-state index is 13.5. The summed E-state index contributed by atoms with van der Waals surface area (Å²) in [6.45, 7) is 5.89. The van der Waals surface area contributed by atoms with E-state index in [-0.39, 0.29) is 35.2 Å². The molecule has 148 valence electrons. The maximum absolute atomic E-state index is 13.5. The van der Waals surface area contributed by atoms with Crippen molar-refractivity contribution in [2.24, 2.45) is 4.99 Å². The normalized spacial score (nSPS) is 15.4. The number of hydrogen-bond acceptors (Lipinski definition) is 3. The molecule has 2 aromatic rings. The summed E-state index contributed by atoms with van der Waals surface area (Å²) in [4.78, 5) is 8.96. The Balaban J connectivity index is 0.00000261. The standard InChI is InChI=1S/C20H27FN4S.HI/c1-14(2)18-25-17(12-26-18)7-10-23-19(22-3)24-13-20(8-9-20)15-5-4-6-16(21)11-15;/h4-6,11-12,14H,7-10,13H2,1-3H3,(H2,22,23,24);1H. The second-order valence-electron chi connectivity index (χ2n) is 7.23. The van der Waals surface area contributed by atoms with Crippen LogP contribution in [0, 0.1) is 5.82 Å². The van der Waals surface area contributed by atoms with Crippen LogP contribution in [0.3, 0.4) is 0 Å². The minimum Gasteiger partial charge on any atom is -0.356 e. The molecule has 1 aromatic heterocycles. The number of aromatic nitrogens is 1. The Hall–Kier alpha value is -1.22. The number of aliphatic imine (C=N–C) groups is 1. The minimum absolute atomic E-state index is 0. The van der Waals surface area contributed by atoms with E-state index < -0.39 is 0 Å². The van der Waals surface area contributed by atoms with Crippen LogP contribution >= 0.6 is 35.3 Å². The van der Waals surface area contributed by atoms with Gasteiger partial charge in [-0.2, -0.15) is 0 Å². The molecule has 1 heterocycles. The van der Waals surface area contributed by atoms with Crippen molar-refractivity contribution in [3.8, 4) is 0 Å². The van der Waals surface area contributed by atoms with E-state index in [1.165, 1.54) is 11.1 Å². The third kappa shape index (κ3) is 5.88. The van der Waals surface area contributed by atoms with Crippen molar-refractivity contribution in [2.45, 2.75) is 44.4 Å². The molecule has 2 N–H and O–H groups in total. The van der Waals surface area contributed by atoms with Gasteiger partial charge in [0.1, 0.15) is 5.82 Å². The van der Waals surface area contributed by atoms with Crippen molar-refractivity contribution in [3.63, 3.8) is 0 Å². The molecule has 27 heavy (non-hydrogen) atoms. The molecule has 0 spiro atoms. The number of hydrogen-bond donors (Lipinski definition) is 2. The summed E-state index contributed by atoms with van der Waals surface area (Å²) in [5.41, 5.74) is 2.24. The van der Waals surface area contributed by atoms with E-state index in [1.807, 2.05) is 6.07 Å². The lowest BCUT2D eigenvalue weighted by molar-refractivity contribution is 0.607. The van der Waals surface area contributed by atoms with Gasteiger partial charge < -0.3 is 10.6 Å². The molecule has 4 nitrogen and oxygen atoms in total. The van der Waals surface area contributed by atoms with E-state index in [1.54, 1.807) is 30.5 Å². The average Bonchev–Trinajstić information content (AvgIpc) is 3.27. The second kappa shape index (κ2) is 9.82. The Morgan fingerprint density at radius 2 is 2.11 bits per heavy atom. The molecule has 0 radical (unpaired) electrons. The van der Waals surface area contributed by atoms with Gasteiger partial charge >= 0.3 is 0 Å². The molecule has 0 bridgehead atoms. The van der Waals surface area contributed by atoms with E-state index in [9.17, 15) is 4.39 Å². The molecule has 0 amide bonds. The Bertz CT molecular complexity index is 771. The van der Waals surface area contributed by atoms with Crippen molar-refractivity contribution in [2.75, 3.05) is 20.1 Å². The molecule has 1 aliphatic rings. The quantitative estimate of drug-likeness (QED) is 0.334. The fourth-order valence-electron chi connectivity index (χ4n) is 3.02. The first-order valence-electron chi connectivity index (χ1n) is 9.17. The molecule has 0 saturated heterocycles. The SMILES string of the molecule is CN=C(NCCc1csc(C(C)C)n1)NCC1(c2cccc(F)c2)CC1.I. The van der Waals surface area contributed by atoms with Gasteiger partial charge in [-0.25, -0.2) is 9.37 Å². The summed E-state index contributed by atoms with van der Waals surface area (Å²) in [5.74, 6) is 1.10. The van der Waals surface area contributed by atoms with Crippen LogP contribution in [-0.4, -0.2) is 31.1 Å². The van der Waals surface area contributed by atoms with E-state index in [0.29, 0.717) is 5.92 Å². The third-order valence-corrected chi connectivity index (χ3v) is 6.04. The monoisotopic (exact) mass is 502 g/mol. The number of guanidine groups is 1. The van der Waals surface area contributed by atoms with Gasteiger partial charge in [0, 0.05) is 43.3 Å². The molecule has 3 rings (SSSR count). The van der Waals surface area contributed by atoms with Gasteiger partial charge in [0.2, 0.25) is 0 Å². The molecular formula is C20H28FIN4S. The minimum atomic E-state index is -0.166. The van der Waals surface area contributed by atoms with Crippen molar-refractivity contribution < 1.29 is 4.39 Å². The predicted molar refractivity (Wildman–Crippen MR) is 122 cm³/mol. The van der Waals surface area contributed by atoms with Crippen molar-refractivity contribution in [1.29, 1.82) is 0 Å². The maximum Gasteiger partial charge on any atom is 0.191 e. The topological polar surface area (TPSA) is 49.3 Å². The van der Waals surface area contributed by atoms with Gasteiger partial charge in [0.25, 0.3) is 0 Å². The fraction of sp³-hybridized carbons (Fsp3) is 0.500. The predicted octanol–water partition coefficient (Wildman–Crippen LogP) is 4.46. The number of rotatable bonds is 7. The summed E-state index contributed by atoms with van der Waals surface area (Å²) in [6.07, 6.45) is 3.04. The van der Waals surface area contributed by atoms with Gasteiger partial charge in [-0.05, 0) is 30.5 Å². The fourth-order valence-corrected chi connectivity index (χ4v) is 3.89. The molecule has 0 atom stereocenters. The smallest absolute Gasteiger partial charge is 0.191 e. The highest BCUT2D eigenvalue weighted by Gasteiger charge is 2.44.